The number of rotatable bonds is 5. The Balaban J connectivity index is 2.54. The molecule has 0 amide bonds. The van der Waals surface area contributed by atoms with Crippen LogP contribution in [0, 0.1) is 5.41 Å². The number of benzene rings is 2. The van der Waals surface area contributed by atoms with Crippen LogP contribution in [-0.2, 0) is 22.7 Å². The third-order valence-electron chi connectivity index (χ3n) is 6.12. The van der Waals surface area contributed by atoms with Gasteiger partial charge in [0.2, 0.25) is 0 Å². The van der Waals surface area contributed by atoms with Crippen molar-refractivity contribution in [1.82, 2.24) is 0 Å². The van der Waals surface area contributed by atoms with Crippen molar-refractivity contribution >= 4 is 23.5 Å². The van der Waals surface area contributed by atoms with Crippen molar-refractivity contribution in [2.75, 3.05) is 0 Å². The maximum atomic E-state index is 11.1. The van der Waals surface area contributed by atoms with E-state index in [-0.39, 0.29) is 25.7 Å². The average molecular weight is 531 g/mol. The van der Waals surface area contributed by atoms with Gasteiger partial charge < -0.3 is 10.2 Å². The highest BCUT2D eigenvalue weighted by molar-refractivity contribution is 8.18. The van der Waals surface area contributed by atoms with Gasteiger partial charge in [0.25, 0.3) is 0 Å². The molecule has 2 nitrogen and oxygen atoms in total. The summed E-state index contributed by atoms with van der Waals surface area (Å²) >= 11 is 3.68. The Morgan fingerprint density at radius 1 is 0.528 bits per heavy atom. The van der Waals surface area contributed by atoms with Crippen LogP contribution in [0.25, 0.3) is 0 Å². The molecule has 0 bridgehead atoms. The van der Waals surface area contributed by atoms with Crippen LogP contribution in [0.1, 0.15) is 119 Å². The van der Waals surface area contributed by atoms with Crippen LogP contribution in [0.4, 0.5) is 0 Å². The number of phenols is 2. The quantitative estimate of drug-likeness (QED) is 0.298. The lowest BCUT2D eigenvalue weighted by molar-refractivity contribution is 0.387. The molecule has 36 heavy (non-hydrogen) atoms. The van der Waals surface area contributed by atoms with Crippen LogP contribution < -0.4 is 0 Å². The molecule has 2 aromatic carbocycles. The largest absolute Gasteiger partial charge is 0.507 e. The van der Waals surface area contributed by atoms with Gasteiger partial charge in [-0.1, -0.05) is 83.1 Å². The molecule has 2 N–H and O–H groups in total. The lowest BCUT2D eigenvalue weighted by Gasteiger charge is -2.31. The Kier molecular flexibility index (Phi) is 8.72. The summed E-state index contributed by atoms with van der Waals surface area (Å²) in [5.74, 6) is 0.861. The van der Waals surface area contributed by atoms with Crippen LogP contribution in [0.15, 0.2) is 34.1 Å². The molecule has 0 saturated carbocycles. The fraction of sp³-hybridized carbons (Fsp3) is 0.625. The van der Waals surface area contributed by atoms with Crippen LogP contribution >= 0.6 is 23.5 Å². The molecule has 0 atom stereocenters. The Hall–Kier alpha value is -1.26. The molecule has 0 heterocycles. The van der Waals surface area contributed by atoms with E-state index in [0.717, 1.165) is 28.7 Å². The number of hydrogen-bond donors (Lipinski definition) is 2. The van der Waals surface area contributed by atoms with Crippen LogP contribution in [0.2, 0.25) is 0 Å². The minimum absolute atomic E-state index is 0.0823. The molecule has 0 saturated heterocycles. The first-order valence-electron chi connectivity index (χ1n) is 13.0. The van der Waals surface area contributed by atoms with Gasteiger partial charge in [0.1, 0.15) is 11.5 Å². The summed E-state index contributed by atoms with van der Waals surface area (Å²) in [6.45, 7) is 30.6. The second-order valence-corrected chi connectivity index (χ2v) is 18.6. The Bertz CT molecular complexity index is 1050. The van der Waals surface area contributed by atoms with Crippen LogP contribution in [0.5, 0.6) is 11.5 Å². The fourth-order valence-corrected chi connectivity index (χ4v) is 7.01. The molecular weight excluding hydrogens is 480 g/mol. The molecular formula is C32H50O2S2. The Morgan fingerprint density at radius 2 is 0.861 bits per heavy atom. The molecule has 0 unspecified atom stereocenters. The van der Waals surface area contributed by atoms with Crippen molar-refractivity contribution in [1.29, 1.82) is 0 Å². The summed E-state index contributed by atoms with van der Waals surface area (Å²) in [6.07, 6.45) is 0.825. The van der Waals surface area contributed by atoms with E-state index in [2.05, 4.69) is 121 Å². The molecule has 0 aliphatic rings. The molecule has 202 valence electrons. The van der Waals surface area contributed by atoms with Crippen LogP contribution in [-0.4, -0.2) is 14.3 Å². The lowest BCUT2D eigenvalue weighted by Crippen LogP contribution is -2.18. The topological polar surface area (TPSA) is 40.5 Å². The van der Waals surface area contributed by atoms with E-state index in [9.17, 15) is 10.2 Å². The highest BCUT2D eigenvalue weighted by atomic mass is 32.2. The van der Waals surface area contributed by atoms with Gasteiger partial charge in [0.15, 0.2) is 0 Å². The van der Waals surface area contributed by atoms with Gasteiger partial charge in [-0.3, -0.25) is 0 Å². The highest BCUT2D eigenvalue weighted by Crippen LogP contribution is 2.50. The van der Waals surface area contributed by atoms with Crippen molar-refractivity contribution in [2.45, 2.75) is 133 Å². The predicted octanol–water partition coefficient (Wildman–Crippen LogP) is 10.2. The van der Waals surface area contributed by atoms with Gasteiger partial charge >= 0.3 is 0 Å². The maximum absolute atomic E-state index is 11.1. The second-order valence-electron chi connectivity index (χ2n) is 14.9. The van der Waals surface area contributed by atoms with E-state index in [4.69, 9.17) is 0 Å². The zero-order valence-electron chi connectivity index (χ0n) is 25.2. The Morgan fingerprint density at radius 3 is 1.19 bits per heavy atom. The second kappa shape index (κ2) is 10.1. The van der Waals surface area contributed by atoms with Crippen molar-refractivity contribution < 1.29 is 10.2 Å². The fourth-order valence-electron chi connectivity index (χ4n) is 4.40. The normalized spacial score (nSPS) is 13.8. The summed E-state index contributed by atoms with van der Waals surface area (Å²) in [5.41, 5.74) is 3.63. The van der Waals surface area contributed by atoms with Crippen molar-refractivity contribution in [3.8, 4) is 11.5 Å². The van der Waals surface area contributed by atoms with Crippen molar-refractivity contribution in [3.63, 3.8) is 0 Å². The monoisotopic (exact) mass is 530 g/mol. The first-order chi connectivity index (χ1) is 15.9. The molecule has 0 aromatic heterocycles. The summed E-state index contributed by atoms with van der Waals surface area (Å²) in [5, 5.41) is 22.3. The van der Waals surface area contributed by atoms with Gasteiger partial charge in [-0.15, -0.1) is 23.5 Å². The molecule has 0 aliphatic heterocycles. The average Bonchev–Trinajstić information content (AvgIpc) is 2.61. The minimum Gasteiger partial charge on any atom is -0.507 e. The predicted molar refractivity (Wildman–Crippen MR) is 161 cm³/mol. The number of hydrogen-bond acceptors (Lipinski definition) is 4. The van der Waals surface area contributed by atoms with E-state index >= 15 is 0 Å². The van der Waals surface area contributed by atoms with E-state index < -0.39 is 0 Å². The van der Waals surface area contributed by atoms with Crippen molar-refractivity contribution in [2.24, 2.45) is 5.41 Å². The molecule has 2 rings (SSSR count). The smallest absolute Gasteiger partial charge is 0.123 e. The SMILES string of the molecule is CC(C)(C)Cc1cc(SC(C)(C)Sc2cc(C(C)(C)C)c(O)c(C(C)(C)C)c2)cc(C(C)(C)C)c1O. The molecule has 0 fully saturated rings. The zero-order chi connectivity index (χ0) is 28.1. The molecule has 0 aliphatic carbocycles. The summed E-state index contributed by atoms with van der Waals surface area (Å²) in [7, 11) is 0. The van der Waals surface area contributed by atoms with Crippen LogP contribution in [0.3, 0.4) is 0 Å². The molecule has 0 radical (unpaired) electrons. The zero-order valence-corrected chi connectivity index (χ0v) is 26.9. The van der Waals surface area contributed by atoms with Gasteiger partial charge in [-0.05, 0) is 71.8 Å². The molecule has 4 heteroatoms. The van der Waals surface area contributed by atoms with Gasteiger partial charge in [-0.2, -0.15) is 0 Å². The van der Waals surface area contributed by atoms with Crippen molar-refractivity contribution in [3.05, 3.63) is 46.5 Å². The lowest BCUT2D eigenvalue weighted by atomic mass is 9.79. The first kappa shape index (κ1) is 31.0. The van der Waals surface area contributed by atoms with E-state index in [0.29, 0.717) is 11.5 Å². The minimum atomic E-state index is -0.160. The van der Waals surface area contributed by atoms with Gasteiger partial charge in [0, 0.05) is 26.5 Å². The highest BCUT2D eigenvalue weighted by Gasteiger charge is 2.30. The number of phenolic OH excluding ortho intramolecular Hbond substituents is 2. The maximum Gasteiger partial charge on any atom is 0.123 e. The van der Waals surface area contributed by atoms with E-state index in [1.54, 1.807) is 0 Å². The summed E-state index contributed by atoms with van der Waals surface area (Å²) in [4.78, 5) is 2.35. The standard InChI is InChI=1S/C32H50O2S2/c1-28(2,3)19-20-15-21(16-23(26(20)33)29(4,5)6)35-32(13,14)36-22-17-24(30(7,8)9)27(34)25(18-22)31(10,11)12/h15-18,33-34H,19H2,1-14H3. The van der Waals surface area contributed by atoms with Gasteiger partial charge in [0.05, 0.1) is 4.08 Å². The molecule has 0 spiro atoms. The summed E-state index contributed by atoms with van der Waals surface area (Å²) < 4.78 is -0.160. The third kappa shape index (κ3) is 8.12. The summed E-state index contributed by atoms with van der Waals surface area (Å²) in [6, 6.07) is 8.69. The number of aromatic hydroxyl groups is 2. The van der Waals surface area contributed by atoms with E-state index in [1.165, 1.54) is 9.79 Å². The number of thioether (sulfide) groups is 2. The van der Waals surface area contributed by atoms with E-state index in [1.807, 2.05) is 23.5 Å². The molecule has 2 aromatic rings. The third-order valence-corrected chi connectivity index (χ3v) is 8.54. The Labute approximate surface area is 230 Å². The van der Waals surface area contributed by atoms with Gasteiger partial charge in [-0.25, -0.2) is 0 Å². The first-order valence-corrected chi connectivity index (χ1v) is 14.7.